The number of hydrogen-bond acceptors (Lipinski definition) is 4. The minimum Gasteiger partial charge on any atom is -0.366 e. The predicted molar refractivity (Wildman–Crippen MR) is 66.7 cm³/mol. The first-order valence-corrected chi connectivity index (χ1v) is 5.95. The van der Waals surface area contributed by atoms with E-state index in [-0.39, 0.29) is 0 Å². The largest absolute Gasteiger partial charge is 0.366 e. The van der Waals surface area contributed by atoms with E-state index in [1.54, 1.807) is 0 Å². The van der Waals surface area contributed by atoms with Crippen LogP contribution in [0.15, 0.2) is 24.3 Å². The molecule has 1 atom stereocenters. The van der Waals surface area contributed by atoms with Gasteiger partial charge < -0.3 is 5.73 Å². The van der Waals surface area contributed by atoms with E-state index >= 15 is 0 Å². The van der Waals surface area contributed by atoms with Crippen molar-refractivity contribution in [1.82, 2.24) is 14.8 Å². The Morgan fingerprint density at radius 1 is 1.44 bits per heavy atom. The van der Waals surface area contributed by atoms with E-state index in [0.29, 0.717) is 17.4 Å². The van der Waals surface area contributed by atoms with Crippen LogP contribution in [0.4, 0.5) is 5.95 Å². The Morgan fingerprint density at radius 2 is 2.33 bits per heavy atom. The molecule has 0 saturated carbocycles. The molecule has 1 aliphatic rings. The number of hydrogen-bond donors (Lipinski definition) is 1. The van der Waals surface area contributed by atoms with Gasteiger partial charge in [-0.25, -0.2) is 4.68 Å². The molecule has 0 saturated heterocycles. The molecule has 1 aromatic heterocycles. The lowest BCUT2D eigenvalue weighted by Gasteiger charge is -2.22. The Balaban J connectivity index is 1.89. The molecule has 5 nitrogen and oxygen atoms in total. The Hall–Kier alpha value is -2.35. The van der Waals surface area contributed by atoms with E-state index in [9.17, 15) is 0 Å². The molecule has 1 aliphatic heterocycles. The molecular formula is C13H13N5. The van der Waals surface area contributed by atoms with Crippen LogP contribution >= 0.6 is 0 Å². The standard InChI is InChI=1S/C13H13N5/c14-8-9-2-1-3-10(6-9)11-4-5-18-12(7-11)16-13(15)17-18/h1-3,6,11H,4-5,7H2,(H2,15,17). The molecule has 2 heterocycles. The third-order valence-electron chi connectivity index (χ3n) is 3.37. The molecule has 1 unspecified atom stereocenters. The van der Waals surface area contributed by atoms with Gasteiger partial charge in [-0.3, -0.25) is 0 Å². The normalized spacial score (nSPS) is 18.1. The lowest BCUT2D eigenvalue weighted by Crippen LogP contribution is -2.19. The zero-order valence-electron chi connectivity index (χ0n) is 9.87. The number of nitrogens with two attached hydrogens (primary N) is 1. The smallest absolute Gasteiger partial charge is 0.239 e. The molecule has 0 fully saturated rings. The number of aryl methyl sites for hydroxylation is 1. The zero-order valence-corrected chi connectivity index (χ0v) is 9.87. The first kappa shape index (κ1) is 10.8. The summed E-state index contributed by atoms with van der Waals surface area (Å²) in [7, 11) is 0. The molecular weight excluding hydrogens is 226 g/mol. The molecule has 90 valence electrons. The van der Waals surface area contributed by atoms with Crippen LogP contribution in [-0.2, 0) is 13.0 Å². The maximum atomic E-state index is 8.93. The van der Waals surface area contributed by atoms with E-state index in [1.807, 2.05) is 22.9 Å². The van der Waals surface area contributed by atoms with Gasteiger partial charge in [0, 0.05) is 13.0 Å². The summed E-state index contributed by atoms with van der Waals surface area (Å²) in [5.41, 5.74) is 7.51. The van der Waals surface area contributed by atoms with Crippen molar-refractivity contribution < 1.29 is 0 Å². The van der Waals surface area contributed by atoms with Crippen LogP contribution in [0.2, 0.25) is 0 Å². The van der Waals surface area contributed by atoms with Crippen LogP contribution in [0.1, 0.15) is 29.3 Å². The van der Waals surface area contributed by atoms with Crippen molar-refractivity contribution in [1.29, 1.82) is 5.26 Å². The Morgan fingerprint density at radius 3 is 3.17 bits per heavy atom. The predicted octanol–water partition coefficient (Wildman–Crippen LogP) is 1.46. The first-order chi connectivity index (χ1) is 8.76. The lowest BCUT2D eigenvalue weighted by atomic mass is 9.89. The highest BCUT2D eigenvalue weighted by Crippen LogP contribution is 2.29. The van der Waals surface area contributed by atoms with E-state index in [0.717, 1.165) is 25.2 Å². The van der Waals surface area contributed by atoms with Gasteiger partial charge in [0.05, 0.1) is 11.6 Å². The van der Waals surface area contributed by atoms with Gasteiger partial charge in [0.2, 0.25) is 5.95 Å². The molecule has 2 aromatic rings. The van der Waals surface area contributed by atoms with Crippen LogP contribution in [0.25, 0.3) is 0 Å². The van der Waals surface area contributed by atoms with Gasteiger partial charge in [0.1, 0.15) is 5.82 Å². The number of nitrogens with zero attached hydrogens (tertiary/aromatic N) is 4. The second-order valence-electron chi connectivity index (χ2n) is 4.54. The number of rotatable bonds is 1. The van der Waals surface area contributed by atoms with E-state index in [2.05, 4.69) is 22.2 Å². The molecule has 2 N–H and O–H groups in total. The molecule has 1 aromatic carbocycles. The topological polar surface area (TPSA) is 80.5 Å². The number of aromatic nitrogens is 3. The highest BCUT2D eigenvalue weighted by molar-refractivity contribution is 5.35. The number of nitrogen functional groups attached to an aromatic ring is 1. The third-order valence-corrected chi connectivity index (χ3v) is 3.37. The Kier molecular flexibility index (Phi) is 2.49. The van der Waals surface area contributed by atoms with Crippen LogP contribution in [-0.4, -0.2) is 14.8 Å². The van der Waals surface area contributed by atoms with Crippen molar-refractivity contribution in [3.63, 3.8) is 0 Å². The molecule has 0 bridgehead atoms. The zero-order chi connectivity index (χ0) is 12.5. The fourth-order valence-corrected chi connectivity index (χ4v) is 2.47. The van der Waals surface area contributed by atoms with Crippen molar-refractivity contribution in [3.05, 3.63) is 41.2 Å². The summed E-state index contributed by atoms with van der Waals surface area (Å²) in [5, 5.41) is 13.1. The van der Waals surface area contributed by atoms with Crippen molar-refractivity contribution in [2.75, 3.05) is 5.73 Å². The summed E-state index contributed by atoms with van der Waals surface area (Å²) >= 11 is 0. The summed E-state index contributed by atoms with van der Waals surface area (Å²) in [6.07, 6.45) is 1.84. The fraction of sp³-hybridized carbons (Fsp3) is 0.308. The molecule has 0 spiro atoms. The average Bonchev–Trinajstić information content (AvgIpc) is 2.77. The van der Waals surface area contributed by atoms with Gasteiger partial charge in [-0.1, -0.05) is 12.1 Å². The second kappa shape index (κ2) is 4.15. The monoisotopic (exact) mass is 239 g/mol. The maximum absolute atomic E-state index is 8.93. The lowest BCUT2D eigenvalue weighted by molar-refractivity contribution is 0.434. The van der Waals surface area contributed by atoms with Gasteiger partial charge in [-0.2, -0.15) is 10.2 Å². The first-order valence-electron chi connectivity index (χ1n) is 5.95. The summed E-state index contributed by atoms with van der Waals surface area (Å²) in [5.74, 6) is 1.68. The second-order valence-corrected chi connectivity index (χ2v) is 4.54. The van der Waals surface area contributed by atoms with E-state index < -0.39 is 0 Å². The van der Waals surface area contributed by atoms with E-state index in [4.69, 9.17) is 11.0 Å². The molecule has 18 heavy (non-hydrogen) atoms. The van der Waals surface area contributed by atoms with Crippen molar-refractivity contribution in [3.8, 4) is 6.07 Å². The van der Waals surface area contributed by atoms with Crippen molar-refractivity contribution >= 4 is 5.95 Å². The van der Waals surface area contributed by atoms with Crippen molar-refractivity contribution in [2.24, 2.45) is 0 Å². The number of fused-ring (bicyclic) bond motifs is 1. The summed E-state index contributed by atoms with van der Waals surface area (Å²) in [4.78, 5) is 4.23. The highest BCUT2D eigenvalue weighted by atomic mass is 15.4. The summed E-state index contributed by atoms with van der Waals surface area (Å²) in [6, 6.07) is 9.96. The average molecular weight is 239 g/mol. The molecule has 0 radical (unpaired) electrons. The number of nitriles is 1. The van der Waals surface area contributed by atoms with Gasteiger partial charge in [0.25, 0.3) is 0 Å². The summed E-state index contributed by atoms with van der Waals surface area (Å²) < 4.78 is 1.87. The maximum Gasteiger partial charge on any atom is 0.239 e. The fourth-order valence-electron chi connectivity index (χ4n) is 2.47. The molecule has 5 heteroatoms. The van der Waals surface area contributed by atoms with Gasteiger partial charge in [-0.05, 0) is 30.0 Å². The van der Waals surface area contributed by atoms with Crippen molar-refractivity contribution in [2.45, 2.75) is 25.3 Å². The van der Waals surface area contributed by atoms with Crippen LogP contribution < -0.4 is 5.73 Å². The highest BCUT2D eigenvalue weighted by Gasteiger charge is 2.22. The molecule has 3 rings (SSSR count). The van der Waals surface area contributed by atoms with Crippen LogP contribution in [0.3, 0.4) is 0 Å². The quantitative estimate of drug-likeness (QED) is 0.817. The van der Waals surface area contributed by atoms with Crippen LogP contribution in [0.5, 0.6) is 0 Å². The SMILES string of the molecule is N#Cc1cccc(C2CCn3nc(N)nc3C2)c1. The number of anilines is 1. The minimum atomic E-state index is 0.344. The molecule has 0 aliphatic carbocycles. The third kappa shape index (κ3) is 1.82. The number of benzene rings is 1. The summed E-state index contributed by atoms with van der Waals surface area (Å²) in [6.45, 7) is 0.834. The van der Waals surface area contributed by atoms with Crippen LogP contribution in [0, 0.1) is 11.3 Å². The minimum absolute atomic E-state index is 0.344. The molecule has 0 amide bonds. The van der Waals surface area contributed by atoms with Gasteiger partial charge in [0.15, 0.2) is 0 Å². The Labute approximate surface area is 105 Å². The van der Waals surface area contributed by atoms with E-state index in [1.165, 1.54) is 5.56 Å². The van der Waals surface area contributed by atoms with Gasteiger partial charge in [-0.15, -0.1) is 5.10 Å². The van der Waals surface area contributed by atoms with Gasteiger partial charge >= 0.3 is 0 Å². The Bertz CT molecular complexity index is 623.